The normalized spacial score (nSPS) is 14.5. The smallest absolute Gasteiger partial charge is 0.142 e. The molecule has 116 valence electrons. The Kier molecular flexibility index (Phi) is 3.85. The lowest BCUT2D eigenvalue weighted by Crippen LogP contribution is -2.03. The molecule has 2 N–H and O–H groups in total. The van der Waals surface area contributed by atoms with Crippen LogP contribution in [0.15, 0.2) is 29.8 Å². The Bertz CT molecular complexity index is 1020. The van der Waals surface area contributed by atoms with E-state index in [2.05, 4.69) is 17.1 Å². The van der Waals surface area contributed by atoms with Gasteiger partial charge in [-0.25, -0.2) is 4.98 Å². The van der Waals surface area contributed by atoms with Crippen molar-refractivity contribution in [3.05, 3.63) is 62.8 Å². The van der Waals surface area contributed by atoms with Crippen molar-refractivity contribution in [1.29, 1.82) is 10.5 Å². The van der Waals surface area contributed by atoms with Gasteiger partial charge in [-0.1, -0.05) is 23.7 Å². The summed E-state index contributed by atoms with van der Waals surface area (Å²) in [7, 11) is 0. The average molecular weight is 333 g/mol. The summed E-state index contributed by atoms with van der Waals surface area (Å²) >= 11 is 6.06. The number of nitriles is 2. The molecule has 0 saturated heterocycles. The largest absolute Gasteiger partial charge is 0.383 e. The predicted octanol–water partition coefficient (Wildman–Crippen LogP) is 4.35. The van der Waals surface area contributed by atoms with E-state index in [1.54, 1.807) is 6.07 Å². The van der Waals surface area contributed by atoms with Crippen molar-refractivity contribution < 1.29 is 0 Å². The van der Waals surface area contributed by atoms with Crippen molar-refractivity contribution in [2.75, 3.05) is 5.73 Å². The number of nitrogens with two attached hydrogens (primary N) is 1. The van der Waals surface area contributed by atoms with Gasteiger partial charge in [0, 0.05) is 10.6 Å². The number of nitrogens with zero attached hydrogens (tertiary/aromatic N) is 3. The number of hydrogen-bond acceptors (Lipinski definition) is 4. The lowest BCUT2D eigenvalue weighted by Gasteiger charge is -2.11. The second-order valence-corrected chi connectivity index (χ2v) is 5.99. The van der Waals surface area contributed by atoms with Gasteiger partial charge in [-0.2, -0.15) is 10.5 Å². The first-order valence-corrected chi connectivity index (χ1v) is 7.65. The van der Waals surface area contributed by atoms with Gasteiger partial charge >= 0.3 is 0 Å². The Morgan fingerprint density at radius 2 is 1.96 bits per heavy atom. The minimum Gasteiger partial charge on any atom is -0.383 e. The van der Waals surface area contributed by atoms with Crippen LogP contribution in [0.3, 0.4) is 0 Å². The topological polar surface area (TPSA) is 86.5 Å². The number of nitrogen functional groups attached to an aromatic ring is 1. The quantitative estimate of drug-likeness (QED) is 0.841. The molecule has 1 aliphatic rings. The Hall–Kier alpha value is -3.08. The minimum absolute atomic E-state index is 0.151. The number of anilines is 1. The summed E-state index contributed by atoms with van der Waals surface area (Å²) in [5.41, 5.74) is 11.4. The van der Waals surface area contributed by atoms with E-state index in [0.29, 0.717) is 21.9 Å². The third kappa shape index (κ3) is 2.34. The van der Waals surface area contributed by atoms with Crippen LogP contribution in [0.25, 0.3) is 17.2 Å². The highest BCUT2D eigenvalue weighted by Gasteiger charge is 2.29. The van der Waals surface area contributed by atoms with Gasteiger partial charge in [0.05, 0.1) is 16.8 Å². The Morgan fingerprint density at radius 1 is 1.21 bits per heavy atom. The molecule has 0 atom stereocenters. The fourth-order valence-corrected chi connectivity index (χ4v) is 3.16. The molecule has 5 heteroatoms. The van der Waals surface area contributed by atoms with Gasteiger partial charge in [0.15, 0.2) is 0 Å². The van der Waals surface area contributed by atoms with Crippen LogP contribution in [0, 0.1) is 29.6 Å². The minimum atomic E-state index is 0.151. The lowest BCUT2D eigenvalue weighted by atomic mass is 9.95. The zero-order chi connectivity index (χ0) is 17.4. The Labute approximate surface area is 145 Å². The highest BCUT2D eigenvalue weighted by molar-refractivity contribution is 6.30. The van der Waals surface area contributed by atoms with Gasteiger partial charge in [-0.15, -0.1) is 0 Å². The Morgan fingerprint density at radius 3 is 2.58 bits per heavy atom. The van der Waals surface area contributed by atoms with Crippen LogP contribution in [0.2, 0.25) is 5.02 Å². The van der Waals surface area contributed by atoms with Gasteiger partial charge in [0.25, 0.3) is 0 Å². The molecule has 0 saturated carbocycles. The summed E-state index contributed by atoms with van der Waals surface area (Å²) in [6.45, 7) is 3.70. The molecular formula is C19H13ClN4. The fraction of sp³-hybridized carbons (Fsp3) is 0.105. The monoisotopic (exact) mass is 332 g/mol. The van der Waals surface area contributed by atoms with Crippen molar-refractivity contribution in [1.82, 2.24) is 4.98 Å². The molecule has 3 rings (SSSR count). The molecule has 0 radical (unpaired) electrons. The van der Waals surface area contributed by atoms with Crippen LogP contribution in [0.5, 0.6) is 0 Å². The molecular weight excluding hydrogens is 320 g/mol. The highest BCUT2D eigenvalue weighted by atomic mass is 35.5. The first kappa shape index (κ1) is 15.8. The second-order valence-electron chi connectivity index (χ2n) is 5.56. The first-order chi connectivity index (χ1) is 11.5. The van der Waals surface area contributed by atoms with E-state index in [9.17, 15) is 10.5 Å². The van der Waals surface area contributed by atoms with Crippen molar-refractivity contribution >= 4 is 34.6 Å². The molecule has 0 unspecified atom stereocenters. The predicted molar refractivity (Wildman–Crippen MR) is 95.6 cm³/mol. The molecule has 1 aromatic carbocycles. The molecule has 1 aliphatic carbocycles. The maximum Gasteiger partial charge on any atom is 0.142 e. The third-order valence-electron chi connectivity index (χ3n) is 4.14. The molecule has 0 spiro atoms. The number of allylic oxidation sites excluding steroid dienone is 3. The maximum absolute atomic E-state index is 9.52. The lowest BCUT2D eigenvalue weighted by molar-refractivity contribution is 1.22. The van der Waals surface area contributed by atoms with Crippen LogP contribution in [0.1, 0.15) is 34.9 Å². The third-order valence-corrected chi connectivity index (χ3v) is 4.38. The highest BCUT2D eigenvalue weighted by Crippen LogP contribution is 2.44. The number of hydrogen-bond donors (Lipinski definition) is 1. The molecule has 24 heavy (non-hydrogen) atoms. The van der Waals surface area contributed by atoms with Crippen molar-refractivity contribution in [2.24, 2.45) is 0 Å². The SMILES string of the molecule is CC1=C(C#N)c2nc(N)c(C#N)c(C)c2C1=Cc1cccc(Cl)c1. The zero-order valence-corrected chi connectivity index (χ0v) is 13.9. The number of pyridine rings is 1. The number of rotatable bonds is 1. The van der Waals surface area contributed by atoms with Gasteiger partial charge in [-0.3, -0.25) is 0 Å². The molecule has 0 aliphatic heterocycles. The maximum atomic E-state index is 9.52. The fourth-order valence-electron chi connectivity index (χ4n) is 2.96. The molecule has 0 bridgehead atoms. The summed E-state index contributed by atoms with van der Waals surface area (Å²) in [5.74, 6) is 0.151. The average Bonchev–Trinajstić information content (AvgIpc) is 2.79. The summed E-state index contributed by atoms with van der Waals surface area (Å²) in [6, 6.07) is 11.7. The van der Waals surface area contributed by atoms with Crippen LogP contribution < -0.4 is 5.73 Å². The first-order valence-electron chi connectivity index (χ1n) is 7.27. The summed E-state index contributed by atoms with van der Waals surface area (Å²) < 4.78 is 0. The van der Waals surface area contributed by atoms with E-state index in [0.717, 1.165) is 27.8 Å². The van der Waals surface area contributed by atoms with Crippen LogP contribution in [0.4, 0.5) is 5.82 Å². The van der Waals surface area contributed by atoms with Gasteiger partial charge in [-0.05, 0) is 54.3 Å². The Balaban J connectivity index is 2.34. The molecule has 0 amide bonds. The van der Waals surface area contributed by atoms with E-state index in [-0.39, 0.29) is 5.82 Å². The molecule has 1 heterocycles. The summed E-state index contributed by atoms with van der Waals surface area (Å²) in [5, 5.41) is 19.5. The van der Waals surface area contributed by atoms with Crippen molar-refractivity contribution in [3.8, 4) is 12.1 Å². The summed E-state index contributed by atoms with van der Waals surface area (Å²) in [6.07, 6.45) is 1.95. The second kappa shape index (κ2) is 5.85. The zero-order valence-electron chi connectivity index (χ0n) is 13.2. The number of benzene rings is 1. The summed E-state index contributed by atoms with van der Waals surface area (Å²) in [4.78, 5) is 4.31. The van der Waals surface area contributed by atoms with Crippen LogP contribution in [-0.2, 0) is 0 Å². The molecule has 2 aromatic rings. The molecule has 4 nitrogen and oxygen atoms in total. The van der Waals surface area contributed by atoms with E-state index in [1.165, 1.54) is 0 Å². The van der Waals surface area contributed by atoms with E-state index in [4.69, 9.17) is 17.3 Å². The van der Waals surface area contributed by atoms with Crippen LogP contribution in [-0.4, -0.2) is 4.98 Å². The van der Waals surface area contributed by atoms with Crippen LogP contribution >= 0.6 is 11.6 Å². The van der Waals surface area contributed by atoms with E-state index in [1.807, 2.05) is 38.1 Å². The number of aromatic nitrogens is 1. The van der Waals surface area contributed by atoms with Gasteiger partial charge in [0.1, 0.15) is 18.0 Å². The number of halogens is 1. The van der Waals surface area contributed by atoms with E-state index >= 15 is 0 Å². The van der Waals surface area contributed by atoms with Gasteiger partial charge in [0.2, 0.25) is 0 Å². The standard InChI is InChI=1S/C19H13ClN4/c1-10-14(7-12-4-3-5-13(20)6-12)17-11(2)16(9-22)19(23)24-18(17)15(10)8-21/h3-7H,1-2H3,(H2,23,24). The number of fused-ring (bicyclic) bond motifs is 1. The van der Waals surface area contributed by atoms with E-state index < -0.39 is 0 Å². The van der Waals surface area contributed by atoms with Crippen molar-refractivity contribution in [2.45, 2.75) is 13.8 Å². The molecule has 0 fully saturated rings. The van der Waals surface area contributed by atoms with Gasteiger partial charge < -0.3 is 5.73 Å². The molecule has 1 aromatic heterocycles. The van der Waals surface area contributed by atoms with Crippen molar-refractivity contribution in [3.63, 3.8) is 0 Å².